The summed E-state index contributed by atoms with van der Waals surface area (Å²) in [4.78, 5) is 47.6. The van der Waals surface area contributed by atoms with Gasteiger partial charge in [-0.15, -0.1) is 0 Å². The summed E-state index contributed by atoms with van der Waals surface area (Å²) < 4.78 is 13.2. The SMILES string of the molecule is CN(C(=O)C(C=Nc1ccc(F)cc1)=CN)[C@@H](CC1CC1)C(=O)N1C[C@]2(C[C@H]1C#N)C(=O)Nc1ccccc12. The molecule has 2 fully saturated rings. The van der Waals surface area contributed by atoms with Gasteiger partial charge in [0.25, 0.3) is 5.91 Å². The highest BCUT2D eigenvalue weighted by molar-refractivity contribution is 6.13. The molecule has 200 valence electrons. The van der Waals surface area contributed by atoms with Crippen molar-refractivity contribution in [3.8, 4) is 6.07 Å². The Hall–Kier alpha value is -4.52. The number of nitrogens with two attached hydrogens (primary N) is 1. The smallest absolute Gasteiger partial charge is 0.257 e. The van der Waals surface area contributed by atoms with Crippen molar-refractivity contribution < 1.29 is 18.8 Å². The number of carbonyl (C=O) groups is 3. The van der Waals surface area contributed by atoms with Crippen molar-refractivity contribution >= 4 is 35.3 Å². The van der Waals surface area contributed by atoms with Crippen LogP contribution in [-0.4, -0.2) is 59.4 Å². The van der Waals surface area contributed by atoms with E-state index in [0.29, 0.717) is 23.7 Å². The van der Waals surface area contributed by atoms with Crippen molar-refractivity contribution in [2.75, 3.05) is 18.9 Å². The first-order valence-corrected chi connectivity index (χ1v) is 12.9. The molecule has 5 rings (SSSR count). The maximum atomic E-state index is 14.0. The minimum atomic E-state index is -1.01. The number of aliphatic imine (C=N–C) groups is 1. The summed E-state index contributed by atoms with van der Waals surface area (Å²) >= 11 is 0. The molecule has 3 amide bonds. The molecule has 2 aliphatic heterocycles. The number of halogens is 1. The molecule has 0 bridgehead atoms. The fraction of sp³-hybridized carbons (Fsp3) is 0.345. The molecule has 2 aromatic carbocycles. The number of rotatable bonds is 7. The topological polar surface area (TPSA) is 132 Å². The molecule has 1 aliphatic carbocycles. The molecule has 0 unspecified atom stereocenters. The summed E-state index contributed by atoms with van der Waals surface area (Å²) in [6.07, 6.45) is 4.95. The lowest BCUT2D eigenvalue weighted by Gasteiger charge is -2.32. The zero-order valence-corrected chi connectivity index (χ0v) is 21.5. The lowest BCUT2D eigenvalue weighted by atomic mass is 9.80. The maximum absolute atomic E-state index is 14.0. The van der Waals surface area contributed by atoms with E-state index in [0.717, 1.165) is 24.6 Å². The number of hydrogen-bond donors (Lipinski definition) is 2. The van der Waals surface area contributed by atoms with Crippen LogP contribution in [0.1, 0.15) is 31.2 Å². The van der Waals surface area contributed by atoms with Crippen molar-refractivity contribution in [2.24, 2.45) is 16.6 Å². The Labute approximate surface area is 225 Å². The first kappa shape index (κ1) is 26.1. The van der Waals surface area contributed by atoms with Crippen LogP contribution in [0.5, 0.6) is 0 Å². The van der Waals surface area contributed by atoms with Crippen LogP contribution >= 0.6 is 0 Å². The van der Waals surface area contributed by atoms with Crippen molar-refractivity contribution in [1.29, 1.82) is 5.26 Å². The van der Waals surface area contributed by atoms with E-state index in [1.807, 2.05) is 24.3 Å². The van der Waals surface area contributed by atoms with Crippen molar-refractivity contribution in [1.82, 2.24) is 9.80 Å². The monoisotopic (exact) mass is 528 g/mol. The van der Waals surface area contributed by atoms with Gasteiger partial charge in [0.2, 0.25) is 11.8 Å². The fourth-order valence-corrected chi connectivity index (χ4v) is 5.46. The molecule has 1 spiro atoms. The van der Waals surface area contributed by atoms with Gasteiger partial charge in [0.05, 0.1) is 22.7 Å². The largest absolute Gasteiger partial charge is 0.404 e. The average molecular weight is 529 g/mol. The summed E-state index contributed by atoms with van der Waals surface area (Å²) in [7, 11) is 1.54. The van der Waals surface area contributed by atoms with Gasteiger partial charge in [-0.1, -0.05) is 31.0 Å². The number of para-hydroxylation sites is 1. The Morgan fingerprint density at radius 2 is 2.00 bits per heavy atom. The molecule has 3 N–H and O–H groups in total. The van der Waals surface area contributed by atoms with Crippen LogP contribution in [-0.2, 0) is 19.8 Å². The van der Waals surface area contributed by atoms with E-state index in [9.17, 15) is 24.0 Å². The Morgan fingerprint density at radius 3 is 2.67 bits per heavy atom. The number of hydrogen-bond acceptors (Lipinski definition) is 6. The van der Waals surface area contributed by atoms with Gasteiger partial charge in [0.1, 0.15) is 17.9 Å². The van der Waals surface area contributed by atoms with Gasteiger partial charge < -0.3 is 20.9 Å². The lowest BCUT2D eigenvalue weighted by molar-refractivity contribution is -0.143. The van der Waals surface area contributed by atoms with Gasteiger partial charge in [-0.25, -0.2) is 4.39 Å². The molecule has 3 atom stereocenters. The van der Waals surface area contributed by atoms with Gasteiger partial charge >= 0.3 is 0 Å². The number of amides is 3. The normalized spacial score (nSPS) is 23.0. The van der Waals surface area contributed by atoms with E-state index in [1.54, 1.807) is 0 Å². The number of fused-ring (bicyclic) bond motifs is 2. The number of likely N-dealkylation sites (tertiary alicyclic amines) is 1. The zero-order valence-electron chi connectivity index (χ0n) is 21.5. The second kappa shape index (κ2) is 10.3. The molecular weight excluding hydrogens is 499 g/mol. The predicted molar refractivity (Wildman–Crippen MR) is 143 cm³/mol. The van der Waals surface area contributed by atoms with Crippen LogP contribution in [0, 0.1) is 23.1 Å². The average Bonchev–Trinajstić information content (AvgIpc) is 3.62. The van der Waals surface area contributed by atoms with Crippen LogP contribution in [0.15, 0.2) is 65.3 Å². The van der Waals surface area contributed by atoms with Crippen LogP contribution < -0.4 is 11.1 Å². The molecule has 0 aromatic heterocycles. The Bertz CT molecular complexity index is 1410. The van der Waals surface area contributed by atoms with E-state index in [1.165, 1.54) is 47.3 Å². The number of nitrogens with zero attached hydrogens (tertiary/aromatic N) is 4. The molecular formula is C29H29FN6O3. The number of anilines is 1. The summed E-state index contributed by atoms with van der Waals surface area (Å²) in [5.74, 6) is -1.22. The standard InChI is InChI=1S/C29H29FN6O3/c1-35(26(37)19(14-31)16-33-21-10-8-20(30)9-11-21)25(12-18-6-7-18)27(38)36-17-29(13-22(36)15-32)23-4-2-3-5-24(23)34-28(29)39/h2-5,8-11,14,16,18,22,25H,6-7,12-13,17,31H2,1H3,(H,34,39)/t22-,25-,29-/m0/s1. The predicted octanol–water partition coefficient (Wildman–Crippen LogP) is 3.01. The Kier molecular flexibility index (Phi) is 6.91. The molecule has 3 aliphatic rings. The van der Waals surface area contributed by atoms with E-state index in [-0.39, 0.29) is 30.4 Å². The maximum Gasteiger partial charge on any atom is 0.257 e. The van der Waals surface area contributed by atoms with Gasteiger partial charge in [-0.3, -0.25) is 19.4 Å². The molecule has 1 saturated carbocycles. The zero-order chi connectivity index (χ0) is 27.7. The lowest BCUT2D eigenvalue weighted by Crippen LogP contribution is -2.52. The Balaban J connectivity index is 1.39. The second-order valence-corrected chi connectivity index (χ2v) is 10.4. The summed E-state index contributed by atoms with van der Waals surface area (Å²) in [5, 5.41) is 12.9. The van der Waals surface area contributed by atoms with Crippen LogP contribution in [0.2, 0.25) is 0 Å². The van der Waals surface area contributed by atoms with Crippen LogP contribution in [0.4, 0.5) is 15.8 Å². The molecule has 0 radical (unpaired) electrons. The fourth-order valence-electron chi connectivity index (χ4n) is 5.46. The van der Waals surface area contributed by atoms with E-state index < -0.39 is 29.2 Å². The first-order chi connectivity index (χ1) is 18.8. The van der Waals surface area contributed by atoms with Gasteiger partial charge in [-0.05, 0) is 48.2 Å². The highest BCUT2D eigenvalue weighted by atomic mass is 19.1. The number of carbonyl (C=O) groups excluding carboxylic acids is 3. The van der Waals surface area contributed by atoms with E-state index in [4.69, 9.17) is 5.73 Å². The van der Waals surface area contributed by atoms with E-state index >= 15 is 0 Å². The van der Waals surface area contributed by atoms with Gasteiger partial charge in [0.15, 0.2) is 0 Å². The second-order valence-electron chi connectivity index (χ2n) is 10.4. The van der Waals surface area contributed by atoms with Crippen molar-refractivity contribution in [2.45, 2.75) is 43.2 Å². The third-order valence-corrected chi connectivity index (χ3v) is 7.85. The summed E-state index contributed by atoms with van der Waals surface area (Å²) in [5.41, 5.74) is 6.71. The summed E-state index contributed by atoms with van der Waals surface area (Å²) in [6, 6.07) is 13.3. The van der Waals surface area contributed by atoms with Crippen LogP contribution in [0.3, 0.4) is 0 Å². The quantitative estimate of drug-likeness (QED) is 0.421. The van der Waals surface area contributed by atoms with E-state index in [2.05, 4.69) is 16.4 Å². The number of nitrogens with one attached hydrogen (secondary N) is 1. The molecule has 10 heteroatoms. The third kappa shape index (κ3) is 4.88. The molecule has 2 heterocycles. The highest BCUT2D eigenvalue weighted by Crippen LogP contribution is 2.47. The minimum absolute atomic E-state index is 0.0573. The number of nitriles is 1. The number of benzene rings is 2. The van der Waals surface area contributed by atoms with Crippen molar-refractivity contribution in [3.05, 3.63) is 71.7 Å². The minimum Gasteiger partial charge on any atom is -0.404 e. The summed E-state index contributed by atoms with van der Waals surface area (Å²) in [6.45, 7) is 0.0573. The number of likely N-dealkylation sites (N-methyl/N-ethyl adjacent to an activating group) is 1. The molecule has 2 aromatic rings. The molecule has 39 heavy (non-hydrogen) atoms. The van der Waals surface area contributed by atoms with Gasteiger partial charge in [0, 0.05) is 38.1 Å². The Morgan fingerprint density at radius 1 is 1.28 bits per heavy atom. The third-order valence-electron chi connectivity index (χ3n) is 7.85. The van der Waals surface area contributed by atoms with Gasteiger partial charge in [-0.2, -0.15) is 5.26 Å². The first-order valence-electron chi connectivity index (χ1n) is 12.9. The van der Waals surface area contributed by atoms with Crippen molar-refractivity contribution in [3.63, 3.8) is 0 Å². The highest BCUT2D eigenvalue weighted by Gasteiger charge is 2.56. The van der Waals surface area contributed by atoms with Crippen LogP contribution in [0.25, 0.3) is 0 Å². The molecule has 1 saturated heterocycles. The molecule has 9 nitrogen and oxygen atoms in total.